The average molecular weight is 268 g/mol. The Bertz CT molecular complexity index is 786. The highest BCUT2D eigenvalue weighted by atomic mass is 19.1. The first kappa shape index (κ1) is 12.3. The minimum absolute atomic E-state index is 0.313. The molecule has 0 bridgehead atoms. The number of hydrogen-bond acceptors (Lipinski definition) is 4. The normalized spacial score (nSPS) is 10.7. The molecule has 0 spiro atoms. The van der Waals surface area contributed by atoms with Gasteiger partial charge in [0.2, 0.25) is 0 Å². The summed E-state index contributed by atoms with van der Waals surface area (Å²) in [6.45, 7) is 1.84. The van der Waals surface area contributed by atoms with Crippen LogP contribution in [0.1, 0.15) is 5.56 Å². The van der Waals surface area contributed by atoms with E-state index in [1.807, 2.05) is 19.1 Å². The highest BCUT2D eigenvalue weighted by Crippen LogP contribution is 2.26. The summed E-state index contributed by atoms with van der Waals surface area (Å²) in [5.41, 5.74) is 8.32. The van der Waals surface area contributed by atoms with Crippen molar-refractivity contribution in [1.82, 2.24) is 9.97 Å². The Morgan fingerprint density at radius 1 is 1.10 bits per heavy atom. The number of hydrogen-bond donors (Lipinski definition) is 2. The molecule has 100 valence electrons. The van der Waals surface area contributed by atoms with E-state index in [2.05, 4.69) is 15.3 Å². The molecule has 0 radical (unpaired) electrons. The van der Waals surface area contributed by atoms with Gasteiger partial charge in [-0.2, -0.15) is 0 Å². The maximum atomic E-state index is 13.9. The van der Waals surface area contributed by atoms with Crippen molar-refractivity contribution in [1.29, 1.82) is 0 Å². The van der Waals surface area contributed by atoms with Crippen LogP contribution >= 0.6 is 0 Å². The summed E-state index contributed by atoms with van der Waals surface area (Å²) in [5, 5.41) is 3.79. The summed E-state index contributed by atoms with van der Waals surface area (Å²) in [5.74, 6) is 0.241. The number of benzene rings is 2. The molecule has 0 aliphatic carbocycles. The fraction of sp³-hybridized carbons (Fsp3) is 0.0667. The highest BCUT2D eigenvalue weighted by Gasteiger charge is 2.07. The molecule has 0 atom stereocenters. The van der Waals surface area contributed by atoms with Gasteiger partial charge in [-0.05, 0) is 42.8 Å². The quantitative estimate of drug-likeness (QED) is 0.699. The van der Waals surface area contributed by atoms with Crippen LogP contribution in [0.5, 0.6) is 0 Å². The molecule has 3 aromatic rings. The van der Waals surface area contributed by atoms with Crippen LogP contribution in [-0.2, 0) is 0 Å². The van der Waals surface area contributed by atoms with Crippen molar-refractivity contribution in [2.75, 3.05) is 11.1 Å². The van der Waals surface area contributed by atoms with Crippen molar-refractivity contribution in [3.63, 3.8) is 0 Å². The number of aryl methyl sites for hydroxylation is 1. The standard InChI is InChI=1S/C15H13FN4/c1-9-2-5-13(12(16)6-9)20-15-11-4-3-10(17)7-14(11)18-8-19-15/h2-8H,17H2,1H3,(H,18,19,20). The van der Waals surface area contributed by atoms with Crippen molar-refractivity contribution >= 4 is 28.1 Å². The van der Waals surface area contributed by atoms with Crippen LogP contribution in [0.4, 0.5) is 21.6 Å². The Kier molecular flexibility index (Phi) is 2.95. The van der Waals surface area contributed by atoms with Gasteiger partial charge in [0, 0.05) is 11.1 Å². The summed E-state index contributed by atoms with van der Waals surface area (Å²) in [4.78, 5) is 8.32. The van der Waals surface area contributed by atoms with E-state index in [1.54, 1.807) is 18.2 Å². The Morgan fingerprint density at radius 2 is 1.95 bits per heavy atom. The molecule has 0 saturated heterocycles. The summed E-state index contributed by atoms with van der Waals surface area (Å²) in [7, 11) is 0. The summed E-state index contributed by atoms with van der Waals surface area (Å²) in [6, 6.07) is 10.3. The van der Waals surface area contributed by atoms with E-state index in [9.17, 15) is 4.39 Å². The number of aromatic nitrogens is 2. The van der Waals surface area contributed by atoms with Crippen molar-refractivity contribution in [2.45, 2.75) is 6.92 Å². The number of halogens is 1. The van der Waals surface area contributed by atoms with E-state index in [-0.39, 0.29) is 5.82 Å². The smallest absolute Gasteiger partial charge is 0.146 e. The third kappa shape index (κ3) is 2.25. The lowest BCUT2D eigenvalue weighted by Gasteiger charge is -2.09. The maximum absolute atomic E-state index is 13.9. The summed E-state index contributed by atoms with van der Waals surface area (Å²) < 4.78 is 13.9. The Hall–Kier alpha value is -2.69. The first-order chi connectivity index (χ1) is 9.63. The Balaban J connectivity index is 2.06. The lowest BCUT2D eigenvalue weighted by Crippen LogP contribution is -1.99. The molecule has 20 heavy (non-hydrogen) atoms. The van der Waals surface area contributed by atoms with Crippen LogP contribution in [0.3, 0.4) is 0 Å². The number of rotatable bonds is 2. The molecule has 3 N–H and O–H groups in total. The zero-order chi connectivity index (χ0) is 14.1. The van der Waals surface area contributed by atoms with E-state index in [0.717, 1.165) is 16.5 Å². The number of nitrogens with one attached hydrogen (secondary N) is 1. The second kappa shape index (κ2) is 4.77. The van der Waals surface area contributed by atoms with Gasteiger partial charge in [-0.1, -0.05) is 6.07 Å². The first-order valence-corrected chi connectivity index (χ1v) is 6.17. The van der Waals surface area contributed by atoms with E-state index in [0.29, 0.717) is 17.2 Å². The topological polar surface area (TPSA) is 63.8 Å². The Morgan fingerprint density at radius 3 is 2.75 bits per heavy atom. The van der Waals surface area contributed by atoms with Crippen molar-refractivity contribution in [3.8, 4) is 0 Å². The number of fused-ring (bicyclic) bond motifs is 1. The third-order valence-corrected chi connectivity index (χ3v) is 3.04. The molecule has 5 heteroatoms. The lowest BCUT2D eigenvalue weighted by molar-refractivity contribution is 0.630. The molecule has 0 amide bonds. The molecule has 0 aliphatic rings. The van der Waals surface area contributed by atoms with Crippen molar-refractivity contribution in [3.05, 3.63) is 54.1 Å². The molecule has 3 rings (SSSR count). The van der Waals surface area contributed by atoms with Gasteiger partial charge in [-0.15, -0.1) is 0 Å². The van der Waals surface area contributed by atoms with Crippen LogP contribution in [-0.4, -0.2) is 9.97 Å². The monoisotopic (exact) mass is 268 g/mol. The minimum Gasteiger partial charge on any atom is -0.399 e. The fourth-order valence-corrected chi connectivity index (χ4v) is 2.02. The van der Waals surface area contributed by atoms with E-state index >= 15 is 0 Å². The largest absolute Gasteiger partial charge is 0.399 e. The van der Waals surface area contributed by atoms with Gasteiger partial charge in [-0.25, -0.2) is 14.4 Å². The first-order valence-electron chi connectivity index (χ1n) is 6.17. The van der Waals surface area contributed by atoms with Crippen LogP contribution in [0, 0.1) is 12.7 Å². The van der Waals surface area contributed by atoms with Gasteiger partial charge in [0.05, 0.1) is 11.2 Å². The molecule has 4 nitrogen and oxygen atoms in total. The van der Waals surface area contributed by atoms with Crippen molar-refractivity contribution in [2.24, 2.45) is 0 Å². The molecular formula is C15H13FN4. The summed E-state index contributed by atoms with van der Waals surface area (Å²) >= 11 is 0. The number of nitrogens with two attached hydrogens (primary N) is 1. The zero-order valence-electron chi connectivity index (χ0n) is 10.9. The fourth-order valence-electron chi connectivity index (χ4n) is 2.02. The van der Waals surface area contributed by atoms with E-state index in [1.165, 1.54) is 12.4 Å². The molecule has 2 aromatic carbocycles. The van der Waals surface area contributed by atoms with E-state index < -0.39 is 0 Å². The van der Waals surface area contributed by atoms with Gasteiger partial charge >= 0.3 is 0 Å². The zero-order valence-corrected chi connectivity index (χ0v) is 10.9. The van der Waals surface area contributed by atoms with Gasteiger partial charge in [0.15, 0.2) is 0 Å². The van der Waals surface area contributed by atoms with Gasteiger partial charge in [-0.3, -0.25) is 0 Å². The predicted molar refractivity (Wildman–Crippen MR) is 78.4 cm³/mol. The van der Waals surface area contributed by atoms with Crippen LogP contribution in [0.2, 0.25) is 0 Å². The molecule has 1 heterocycles. The van der Waals surface area contributed by atoms with Gasteiger partial charge in [0.25, 0.3) is 0 Å². The number of nitrogens with zero attached hydrogens (tertiary/aromatic N) is 2. The van der Waals surface area contributed by atoms with Gasteiger partial charge < -0.3 is 11.1 Å². The predicted octanol–water partition coefficient (Wildman–Crippen LogP) is 3.40. The molecule has 0 aliphatic heterocycles. The number of nitrogen functional groups attached to an aromatic ring is 1. The second-order valence-corrected chi connectivity index (χ2v) is 4.61. The molecular weight excluding hydrogens is 255 g/mol. The molecule has 0 fully saturated rings. The molecule has 0 saturated carbocycles. The highest BCUT2D eigenvalue weighted by molar-refractivity contribution is 5.92. The average Bonchev–Trinajstić information content (AvgIpc) is 2.41. The maximum Gasteiger partial charge on any atom is 0.146 e. The van der Waals surface area contributed by atoms with Gasteiger partial charge in [0.1, 0.15) is 18.0 Å². The SMILES string of the molecule is Cc1ccc(Nc2ncnc3cc(N)ccc23)c(F)c1. The minimum atomic E-state index is -0.313. The second-order valence-electron chi connectivity index (χ2n) is 4.61. The summed E-state index contributed by atoms with van der Waals surface area (Å²) in [6.07, 6.45) is 1.43. The van der Waals surface area contributed by atoms with Crippen molar-refractivity contribution < 1.29 is 4.39 Å². The van der Waals surface area contributed by atoms with Crippen LogP contribution in [0.25, 0.3) is 10.9 Å². The van der Waals surface area contributed by atoms with E-state index in [4.69, 9.17) is 5.73 Å². The van der Waals surface area contributed by atoms with Crippen LogP contribution < -0.4 is 11.1 Å². The third-order valence-electron chi connectivity index (χ3n) is 3.04. The number of anilines is 3. The molecule has 0 unspecified atom stereocenters. The Labute approximate surface area is 115 Å². The van der Waals surface area contributed by atoms with Crippen LogP contribution in [0.15, 0.2) is 42.7 Å². The molecule has 1 aromatic heterocycles. The lowest BCUT2D eigenvalue weighted by atomic mass is 10.2.